The van der Waals surface area contributed by atoms with E-state index in [1.165, 1.54) is 0 Å². The minimum atomic E-state index is 0.463. The third kappa shape index (κ3) is 6.95. The van der Waals surface area contributed by atoms with Crippen LogP contribution in [0.15, 0.2) is 237 Å². The lowest BCUT2D eigenvalue weighted by Crippen LogP contribution is -2.17. The number of aromatic nitrogens is 6. The Balaban J connectivity index is 1.28. The fourth-order valence-corrected chi connectivity index (χ4v) is 13.3. The highest BCUT2D eigenvalue weighted by Gasteiger charge is 2.36. The lowest BCUT2D eigenvalue weighted by molar-refractivity contribution is 1.02. The summed E-state index contributed by atoms with van der Waals surface area (Å²) in [7, 11) is 0. The van der Waals surface area contributed by atoms with Crippen LogP contribution in [0, 0.1) is 39.0 Å². The SMILES string of the molecule is Cc1ccc2c(c1)c1ccccc1n2-c1c(C#N)c(-n2c3ccccc3c3cc(C)ccc32)c(-n2c3ccccc3c3cc(C)ccc32)c(-n2c3ccccc3c3cc(C)ccc32)c1-c1nc(-c2ccccc2)cc(-c2ccccc2)n1. The predicted molar refractivity (Wildman–Crippen MR) is 339 cm³/mol. The average Bonchev–Trinajstić information content (AvgIpc) is 1.80. The summed E-state index contributed by atoms with van der Waals surface area (Å²) in [5.41, 5.74) is 20.1. The summed E-state index contributed by atoms with van der Waals surface area (Å²) < 4.78 is 9.65. The van der Waals surface area contributed by atoms with Crippen molar-refractivity contribution in [3.63, 3.8) is 0 Å². The minimum absolute atomic E-state index is 0.463. The molecule has 5 heterocycles. The first-order valence-corrected chi connectivity index (χ1v) is 28.0. The molecule has 0 saturated carbocycles. The molecule has 0 atom stereocenters. The molecule has 16 rings (SSSR count). The maximum absolute atomic E-state index is 13.1. The van der Waals surface area contributed by atoms with E-state index in [9.17, 15) is 5.26 Å². The Bertz CT molecular complexity index is 5330. The molecule has 0 radical (unpaired) electrons. The first-order chi connectivity index (χ1) is 40.3. The quantitative estimate of drug-likeness (QED) is 0.160. The highest BCUT2D eigenvalue weighted by molar-refractivity contribution is 6.17. The number of aryl methyl sites for hydroxylation is 4. The highest BCUT2D eigenvalue weighted by atomic mass is 15.1. The van der Waals surface area contributed by atoms with E-state index < -0.39 is 0 Å². The summed E-state index contributed by atoms with van der Waals surface area (Å²) in [4.78, 5) is 11.7. The molecule has 0 unspecified atom stereocenters. The monoisotopic (exact) mass is 1050 g/mol. The van der Waals surface area contributed by atoms with Crippen LogP contribution in [-0.4, -0.2) is 28.2 Å². The number of fused-ring (bicyclic) bond motifs is 12. The number of nitriles is 1. The molecule has 11 aromatic carbocycles. The fourth-order valence-electron chi connectivity index (χ4n) is 13.3. The average molecular weight is 1050 g/mol. The topological polar surface area (TPSA) is 69.3 Å². The van der Waals surface area contributed by atoms with Gasteiger partial charge in [-0.2, -0.15) is 5.26 Å². The van der Waals surface area contributed by atoms with Crippen LogP contribution < -0.4 is 0 Å². The molecule has 0 N–H and O–H groups in total. The van der Waals surface area contributed by atoms with E-state index >= 15 is 0 Å². The zero-order valence-corrected chi connectivity index (χ0v) is 45.6. The Morgan fingerprint density at radius 1 is 0.293 bits per heavy atom. The van der Waals surface area contributed by atoms with Gasteiger partial charge in [-0.15, -0.1) is 0 Å². The van der Waals surface area contributed by atoms with Gasteiger partial charge in [0.05, 0.1) is 83.8 Å². The predicted octanol–water partition coefficient (Wildman–Crippen LogP) is 19.0. The van der Waals surface area contributed by atoms with Crippen molar-refractivity contribution in [2.24, 2.45) is 0 Å². The zero-order valence-electron chi connectivity index (χ0n) is 45.6. The maximum Gasteiger partial charge on any atom is 0.164 e. The lowest BCUT2D eigenvalue weighted by Gasteiger charge is -2.29. The van der Waals surface area contributed by atoms with Crippen LogP contribution in [-0.2, 0) is 0 Å². The van der Waals surface area contributed by atoms with Crippen molar-refractivity contribution in [2.75, 3.05) is 0 Å². The normalized spacial score (nSPS) is 11.9. The van der Waals surface area contributed by atoms with Gasteiger partial charge in [-0.25, -0.2) is 9.97 Å². The Morgan fingerprint density at radius 2 is 0.598 bits per heavy atom. The molecule has 0 fully saturated rings. The molecule has 7 nitrogen and oxygen atoms in total. The molecule has 0 spiro atoms. The molecule has 0 amide bonds. The summed E-state index contributed by atoms with van der Waals surface area (Å²) in [6.45, 7) is 8.64. The standard InChI is InChI=1S/C75H51N7/c1-45-31-35-66-55(39-45)51-23-11-15-27-62(51)79(66)71-59(44-76)72(80-63-28-16-12-24-52(63)56-40-46(2)32-36-67(56)80)74(82-65-30-18-14-26-54(65)58-42-48(4)34-38-69(58)82)73(81-64-29-17-13-25-53(64)57-41-47(3)33-37-68(57)81)70(71)75-77-60(49-19-7-5-8-20-49)43-61(78-75)50-21-9-6-10-22-50/h5-43H,1-4H3. The Morgan fingerprint density at radius 3 is 0.963 bits per heavy atom. The number of rotatable bonds is 7. The minimum Gasteiger partial charge on any atom is -0.307 e. The molecule has 0 aliphatic carbocycles. The Kier molecular flexibility index (Phi) is 10.4. The molecule has 82 heavy (non-hydrogen) atoms. The summed E-state index contributed by atoms with van der Waals surface area (Å²) >= 11 is 0. The molecule has 16 aromatic rings. The second-order valence-corrected chi connectivity index (χ2v) is 21.9. The van der Waals surface area contributed by atoms with Crippen molar-refractivity contribution in [3.05, 3.63) is 264 Å². The van der Waals surface area contributed by atoms with Gasteiger partial charge >= 0.3 is 0 Å². The van der Waals surface area contributed by atoms with Gasteiger partial charge < -0.3 is 18.3 Å². The van der Waals surface area contributed by atoms with Crippen molar-refractivity contribution in [1.82, 2.24) is 28.2 Å². The van der Waals surface area contributed by atoms with Crippen molar-refractivity contribution >= 4 is 87.2 Å². The summed E-state index contributed by atoms with van der Waals surface area (Å²) in [5, 5.41) is 21.8. The molecule has 0 aliphatic heterocycles. The van der Waals surface area contributed by atoms with Gasteiger partial charge in [-0.1, -0.05) is 180 Å². The highest BCUT2D eigenvalue weighted by Crippen LogP contribution is 2.52. The first kappa shape index (κ1) is 47.2. The molecule has 5 aromatic heterocycles. The summed E-state index contributed by atoms with van der Waals surface area (Å²) in [6.07, 6.45) is 0. The van der Waals surface area contributed by atoms with Crippen LogP contribution in [0.25, 0.3) is 144 Å². The maximum atomic E-state index is 13.1. The number of benzene rings is 11. The molecule has 0 aliphatic rings. The third-order valence-electron chi connectivity index (χ3n) is 16.8. The van der Waals surface area contributed by atoms with Gasteiger partial charge in [0, 0.05) is 54.2 Å². The van der Waals surface area contributed by atoms with Gasteiger partial charge in [0.1, 0.15) is 11.6 Å². The van der Waals surface area contributed by atoms with E-state index in [4.69, 9.17) is 9.97 Å². The molecule has 386 valence electrons. The fraction of sp³-hybridized carbons (Fsp3) is 0.0533. The van der Waals surface area contributed by atoms with E-state index in [-0.39, 0.29) is 0 Å². The van der Waals surface area contributed by atoms with Gasteiger partial charge in [0.15, 0.2) is 5.82 Å². The Labute approximate surface area is 473 Å². The van der Waals surface area contributed by atoms with E-state index in [1.807, 2.05) is 12.1 Å². The molecule has 0 bridgehead atoms. The number of para-hydroxylation sites is 4. The molecule has 7 heteroatoms. The molecule has 0 saturated heterocycles. The third-order valence-corrected chi connectivity index (χ3v) is 16.8. The summed E-state index contributed by atoms with van der Waals surface area (Å²) in [5.74, 6) is 0.472. The second kappa shape index (κ2) is 18.1. The van der Waals surface area contributed by atoms with Crippen molar-refractivity contribution in [3.8, 4) is 62.7 Å². The van der Waals surface area contributed by atoms with Gasteiger partial charge in [0.25, 0.3) is 0 Å². The zero-order chi connectivity index (χ0) is 54.9. The lowest BCUT2D eigenvalue weighted by atomic mass is 9.96. The molecular weight excluding hydrogens is 999 g/mol. The van der Waals surface area contributed by atoms with Crippen LogP contribution in [0.1, 0.15) is 27.8 Å². The van der Waals surface area contributed by atoms with E-state index in [2.05, 4.69) is 276 Å². The second-order valence-electron chi connectivity index (χ2n) is 21.9. The number of nitrogens with zero attached hydrogens (tertiary/aromatic N) is 7. The van der Waals surface area contributed by atoms with Crippen LogP contribution in [0.5, 0.6) is 0 Å². The smallest absolute Gasteiger partial charge is 0.164 e. The largest absolute Gasteiger partial charge is 0.307 e. The van der Waals surface area contributed by atoms with Gasteiger partial charge in [-0.3, -0.25) is 0 Å². The van der Waals surface area contributed by atoms with Crippen molar-refractivity contribution < 1.29 is 0 Å². The van der Waals surface area contributed by atoms with Crippen LogP contribution in [0.4, 0.5) is 0 Å². The van der Waals surface area contributed by atoms with E-state index in [0.29, 0.717) is 22.6 Å². The van der Waals surface area contributed by atoms with Crippen molar-refractivity contribution in [2.45, 2.75) is 27.7 Å². The van der Waals surface area contributed by atoms with Gasteiger partial charge in [-0.05, 0) is 107 Å². The Hall–Kier alpha value is -10.8. The molecular formula is C75H51N7. The first-order valence-electron chi connectivity index (χ1n) is 28.0. The summed E-state index contributed by atoms with van der Waals surface area (Å²) in [6, 6.07) is 87.8. The number of hydrogen-bond acceptors (Lipinski definition) is 3. The van der Waals surface area contributed by atoms with Crippen LogP contribution >= 0.6 is 0 Å². The van der Waals surface area contributed by atoms with Crippen LogP contribution in [0.2, 0.25) is 0 Å². The van der Waals surface area contributed by atoms with Crippen LogP contribution in [0.3, 0.4) is 0 Å². The van der Waals surface area contributed by atoms with Crippen molar-refractivity contribution in [1.29, 1.82) is 5.26 Å². The van der Waals surface area contributed by atoms with E-state index in [1.54, 1.807) is 0 Å². The van der Waals surface area contributed by atoms with Gasteiger partial charge in [0.2, 0.25) is 0 Å². The number of hydrogen-bond donors (Lipinski definition) is 0. The van der Waals surface area contributed by atoms with E-state index in [0.717, 1.165) is 149 Å².